The first-order valence-electron chi connectivity index (χ1n) is 3.99. The minimum absolute atomic E-state index is 0.231. The molecule has 0 fully saturated rings. The molecule has 0 aliphatic heterocycles. The average Bonchev–Trinajstić information content (AvgIpc) is 2.45. The zero-order chi connectivity index (χ0) is 12.5. The van der Waals surface area contributed by atoms with Crippen molar-refractivity contribution in [1.82, 2.24) is 4.57 Å². The number of carboxylic acids is 1. The third kappa shape index (κ3) is 2.75. The summed E-state index contributed by atoms with van der Waals surface area (Å²) in [6.07, 6.45) is -2.82. The van der Waals surface area contributed by atoms with Crippen LogP contribution in [-0.4, -0.2) is 28.0 Å². The molecule has 0 saturated heterocycles. The van der Waals surface area contributed by atoms with Crippen LogP contribution in [0.4, 0.5) is 17.6 Å². The Hall–Kier alpha value is -1.05. The highest BCUT2D eigenvalue weighted by atomic mass is 79.9. The van der Waals surface area contributed by atoms with E-state index in [0.717, 1.165) is 12.3 Å². The largest absolute Gasteiger partial charge is 0.477 e. The predicted octanol–water partition coefficient (Wildman–Crippen LogP) is 2.85. The van der Waals surface area contributed by atoms with E-state index in [1.54, 1.807) is 0 Å². The summed E-state index contributed by atoms with van der Waals surface area (Å²) in [5, 5.41) is 8.64. The SMILES string of the molecule is O=C(O)c1cc(Br)cn1CC(F)(F)C(F)F. The van der Waals surface area contributed by atoms with Crippen molar-refractivity contribution in [2.75, 3.05) is 0 Å². The molecule has 0 radical (unpaired) electrons. The Morgan fingerprint density at radius 3 is 2.56 bits per heavy atom. The summed E-state index contributed by atoms with van der Waals surface area (Å²) in [6, 6.07) is 1.06. The van der Waals surface area contributed by atoms with Gasteiger partial charge in [0.25, 0.3) is 0 Å². The number of aromatic carboxylic acids is 1. The van der Waals surface area contributed by atoms with Gasteiger partial charge in [-0.05, 0) is 22.0 Å². The van der Waals surface area contributed by atoms with E-state index in [-0.39, 0.29) is 4.47 Å². The van der Waals surface area contributed by atoms with E-state index in [1.807, 2.05) is 0 Å². The summed E-state index contributed by atoms with van der Waals surface area (Å²) in [4.78, 5) is 10.6. The van der Waals surface area contributed by atoms with Crippen LogP contribution in [-0.2, 0) is 6.54 Å². The van der Waals surface area contributed by atoms with Crippen molar-refractivity contribution in [2.45, 2.75) is 18.9 Å². The maximum absolute atomic E-state index is 12.7. The van der Waals surface area contributed by atoms with Gasteiger partial charge in [0.2, 0.25) is 0 Å². The van der Waals surface area contributed by atoms with Gasteiger partial charge in [0.05, 0.1) is 6.54 Å². The van der Waals surface area contributed by atoms with Crippen molar-refractivity contribution >= 4 is 21.9 Å². The minimum Gasteiger partial charge on any atom is -0.477 e. The van der Waals surface area contributed by atoms with Gasteiger partial charge < -0.3 is 9.67 Å². The Morgan fingerprint density at radius 1 is 1.56 bits per heavy atom. The van der Waals surface area contributed by atoms with Gasteiger partial charge in [-0.1, -0.05) is 0 Å². The van der Waals surface area contributed by atoms with Crippen LogP contribution >= 0.6 is 15.9 Å². The highest BCUT2D eigenvalue weighted by Crippen LogP contribution is 2.27. The third-order valence-electron chi connectivity index (χ3n) is 1.78. The first-order valence-corrected chi connectivity index (χ1v) is 4.78. The standard InChI is InChI=1S/C8H6BrF4NO2/c9-4-1-5(6(15)16)14(2-4)3-8(12,13)7(10)11/h1-2,7H,3H2,(H,15,16). The van der Waals surface area contributed by atoms with Crippen LogP contribution in [0, 0.1) is 0 Å². The van der Waals surface area contributed by atoms with Gasteiger partial charge in [0.1, 0.15) is 5.69 Å². The van der Waals surface area contributed by atoms with Gasteiger partial charge in [-0.3, -0.25) is 0 Å². The fourth-order valence-corrected chi connectivity index (χ4v) is 1.54. The van der Waals surface area contributed by atoms with Crippen molar-refractivity contribution in [2.24, 2.45) is 0 Å². The van der Waals surface area contributed by atoms with Gasteiger partial charge in [-0.25, -0.2) is 13.6 Å². The number of halogens is 5. The van der Waals surface area contributed by atoms with Gasteiger partial charge >= 0.3 is 18.3 Å². The van der Waals surface area contributed by atoms with E-state index in [0.29, 0.717) is 4.57 Å². The second-order valence-electron chi connectivity index (χ2n) is 3.04. The minimum atomic E-state index is -4.26. The Balaban J connectivity index is 3.01. The van der Waals surface area contributed by atoms with E-state index in [9.17, 15) is 22.4 Å². The van der Waals surface area contributed by atoms with Gasteiger partial charge in [0.15, 0.2) is 0 Å². The number of aromatic nitrogens is 1. The molecule has 1 rings (SSSR count). The van der Waals surface area contributed by atoms with Crippen LogP contribution in [0.15, 0.2) is 16.7 Å². The topological polar surface area (TPSA) is 42.2 Å². The average molecular weight is 304 g/mol. The molecule has 0 saturated carbocycles. The number of rotatable bonds is 4. The molecule has 0 aromatic carbocycles. The molecule has 0 spiro atoms. The molecule has 0 aliphatic carbocycles. The molecular formula is C8H6BrF4NO2. The zero-order valence-electron chi connectivity index (χ0n) is 7.63. The van der Waals surface area contributed by atoms with Crippen molar-refractivity contribution in [3.05, 3.63) is 22.4 Å². The highest BCUT2D eigenvalue weighted by molar-refractivity contribution is 9.10. The summed E-state index contributed by atoms with van der Waals surface area (Å²) >= 11 is 2.88. The number of alkyl halides is 4. The van der Waals surface area contributed by atoms with Crippen LogP contribution in [0.3, 0.4) is 0 Å². The van der Waals surface area contributed by atoms with Crippen LogP contribution in [0.2, 0.25) is 0 Å². The van der Waals surface area contributed by atoms with Crippen LogP contribution in [0.25, 0.3) is 0 Å². The summed E-state index contributed by atoms with van der Waals surface area (Å²) in [5.41, 5.74) is -0.479. The lowest BCUT2D eigenvalue weighted by atomic mass is 10.3. The molecule has 0 atom stereocenters. The second kappa shape index (κ2) is 4.44. The fourth-order valence-electron chi connectivity index (χ4n) is 1.08. The normalized spacial score (nSPS) is 12.1. The summed E-state index contributed by atoms with van der Waals surface area (Å²) in [6.45, 7) is -1.38. The van der Waals surface area contributed by atoms with Crippen molar-refractivity contribution in [3.8, 4) is 0 Å². The molecule has 1 aromatic heterocycles. The molecule has 16 heavy (non-hydrogen) atoms. The molecule has 0 amide bonds. The van der Waals surface area contributed by atoms with E-state index in [2.05, 4.69) is 15.9 Å². The number of carbonyl (C=O) groups is 1. The molecule has 1 heterocycles. The number of hydrogen-bond donors (Lipinski definition) is 1. The number of hydrogen-bond acceptors (Lipinski definition) is 1. The predicted molar refractivity (Wildman–Crippen MR) is 50.0 cm³/mol. The Bertz CT molecular complexity index is 405. The maximum atomic E-state index is 12.7. The molecule has 90 valence electrons. The molecular weight excluding hydrogens is 298 g/mol. The van der Waals surface area contributed by atoms with Crippen LogP contribution < -0.4 is 0 Å². The molecule has 1 aromatic rings. The lowest BCUT2D eigenvalue weighted by Gasteiger charge is -2.16. The molecule has 0 bridgehead atoms. The molecule has 3 nitrogen and oxygen atoms in total. The molecule has 0 aliphatic rings. The van der Waals surface area contributed by atoms with E-state index < -0.39 is 30.6 Å². The quantitative estimate of drug-likeness (QED) is 0.869. The van der Waals surface area contributed by atoms with E-state index in [4.69, 9.17) is 5.11 Å². The van der Waals surface area contributed by atoms with Gasteiger partial charge in [-0.15, -0.1) is 0 Å². The summed E-state index contributed by atoms with van der Waals surface area (Å²) in [5.74, 6) is -5.72. The third-order valence-corrected chi connectivity index (χ3v) is 2.22. The maximum Gasteiger partial charge on any atom is 0.352 e. The monoisotopic (exact) mass is 303 g/mol. The van der Waals surface area contributed by atoms with Crippen LogP contribution in [0.5, 0.6) is 0 Å². The van der Waals surface area contributed by atoms with Crippen molar-refractivity contribution in [1.29, 1.82) is 0 Å². The Kier molecular flexibility index (Phi) is 3.61. The number of carboxylic acid groups (broad SMARTS) is 1. The lowest BCUT2D eigenvalue weighted by molar-refractivity contribution is -0.137. The molecule has 0 unspecified atom stereocenters. The van der Waals surface area contributed by atoms with E-state index in [1.165, 1.54) is 0 Å². The smallest absolute Gasteiger partial charge is 0.352 e. The molecule has 1 N–H and O–H groups in total. The lowest BCUT2D eigenvalue weighted by Crippen LogP contribution is -2.32. The zero-order valence-corrected chi connectivity index (χ0v) is 9.22. The fraction of sp³-hybridized carbons (Fsp3) is 0.375. The van der Waals surface area contributed by atoms with E-state index >= 15 is 0 Å². The number of nitrogens with zero attached hydrogens (tertiary/aromatic N) is 1. The molecule has 8 heteroatoms. The first-order chi connectivity index (χ1) is 7.24. The van der Waals surface area contributed by atoms with Crippen molar-refractivity contribution in [3.63, 3.8) is 0 Å². The van der Waals surface area contributed by atoms with Crippen LogP contribution in [0.1, 0.15) is 10.5 Å². The second-order valence-corrected chi connectivity index (χ2v) is 3.95. The first kappa shape index (κ1) is 13.0. The Morgan fingerprint density at radius 2 is 2.12 bits per heavy atom. The van der Waals surface area contributed by atoms with Gasteiger partial charge in [0, 0.05) is 10.7 Å². The van der Waals surface area contributed by atoms with Crippen molar-refractivity contribution < 1.29 is 27.5 Å². The highest BCUT2D eigenvalue weighted by Gasteiger charge is 2.41. The van der Waals surface area contributed by atoms with Gasteiger partial charge in [-0.2, -0.15) is 8.78 Å². The summed E-state index contributed by atoms with van der Waals surface area (Å²) < 4.78 is 50.0. The Labute approximate surface area is 95.8 Å². The summed E-state index contributed by atoms with van der Waals surface area (Å²) in [7, 11) is 0.